The summed E-state index contributed by atoms with van der Waals surface area (Å²) in [5.41, 5.74) is 1.06. The van der Waals surface area contributed by atoms with Gasteiger partial charge in [-0.25, -0.2) is 0 Å². The summed E-state index contributed by atoms with van der Waals surface area (Å²) in [6.07, 6.45) is 3.08. The van der Waals surface area contributed by atoms with E-state index in [9.17, 15) is 4.79 Å². The van der Waals surface area contributed by atoms with Crippen LogP contribution in [-0.4, -0.2) is 30.4 Å². The van der Waals surface area contributed by atoms with Crippen molar-refractivity contribution in [3.05, 3.63) is 34.9 Å². The first-order chi connectivity index (χ1) is 8.65. The zero-order valence-corrected chi connectivity index (χ0v) is 11.4. The summed E-state index contributed by atoms with van der Waals surface area (Å²) in [6, 6.07) is 8.29. The van der Waals surface area contributed by atoms with Gasteiger partial charge in [-0.3, -0.25) is 4.79 Å². The predicted octanol–water partition coefficient (Wildman–Crippen LogP) is 2.44. The van der Waals surface area contributed by atoms with Crippen LogP contribution in [0.4, 0.5) is 0 Å². The van der Waals surface area contributed by atoms with Crippen molar-refractivity contribution in [1.29, 1.82) is 0 Å². The lowest BCUT2D eigenvalue weighted by Gasteiger charge is -2.17. The standard InChI is InChI=1S/C14H19ClN2O/c1-17(10-11-3-2-4-12(15)9-11)14(18)7-8-16-13-5-6-13/h2-4,9,13,16H,5-8,10H2,1H3. The van der Waals surface area contributed by atoms with E-state index in [4.69, 9.17) is 11.6 Å². The Bertz CT molecular complexity index is 418. The summed E-state index contributed by atoms with van der Waals surface area (Å²) < 4.78 is 0. The fourth-order valence-electron chi connectivity index (χ4n) is 1.86. The molecule has 0 heterocycles. The van der Waals surface area contributed by atoms with Crippen LogP contribution < -0.4 is 5.32 Å². The Kier molecular flexibility index (Phi) is 4.61. The number of nitrogens with zero attached hydrogens (tertiary/aromatic N) is 1. The van der Waals surface area contributed by atoms with E-state index in [0.29, 0.717) is 24.0 Å². The van der Waals surface area contributed by atoms with Crippen molar-refractivity contribution in [3.63, 3.8) is 0 Å². The fourth-order valence-corrected chi connectivity index (χ4v) is 2.07. The SMILES string of the molecule is CN(Cc1cccc(Cl)c1)C(=O)CCNC1CC1. The molecule has 0 aromatic heterocycles. The van der Waals surface area contributed by atoms with Gasteiger partial charge in [0.15, 0.2) is 0 Å². The molecule has 3 nitrogen and oxygen atoms in total. The molecule has 1 amide bonds. The molecule has 0 aliphatic heterocycles. The van der Waals surface area contributed by atoms with Crippen LogP contribution in [0.2, 0.25) is 5.02 Å². The highest BCUT2D eigenvalue weighted by molar-refractivity contribution is 6.30. The normalized spacial score (nSPS) is 14.6. The monoisotopic (exact) mass is 266 g/mol. The number of amides is 1. The van der Waals surface area contributed by atoms with Gasteiger partial charge in [-0.2, -0.15) is 0 Å². The van der Waals surface area contributed by atoms with Gasteiger partial charge in [0.2, 0.25) is 5.91 Å². The number of nitrogens with one attached hydrogen (secondary N) is 1. The summed E-state index contributed by atoms with van der Waals surface area (Å²) in [5.74, 6) is 0.170. The lowest BCUT2D eigenvalue weighted by atomic mass is 10.2. The van der Waals surface area contributed by atoms with Crippen LogP contribution >= 0.6 is 11.6 Å². The molecule has 1 fully saturated rings. The number of benzene rings is 1. The zero-order valence-electron chi connectivity index (χ0n) is 10.7. The second-order valence-electron chi connectivity index (χ2n) is 4.86. The Labute approximate surface area is 113 Å². The summed E-state index contributed by atoms with van der Waals surface area (Å²) in [6.45, 7) is 1.40. The maximum atomic E-state index is 11.9. The first-order valence-electron chi connectivity index (χ1n) is 6.37. The molecule has 98 valence electrons. The molecule has 0 saturated heterocycles. The molecule has 0 bridgehead atoms. The van der Waals surface area contributed by atoms with Crippen LogP contribution in [0.5, 0.6) is 0 Å². The first kappa shape index (κ1) is 13.4. The van der Waals surface area contributed by atoms with Crippen molar-refractivity contribution < 1.29 is 4.79 Å². The number of carbonyl (C=O) groups excluding carboxylic acids is 1. The van der Waals surface area contributed by atoms with Crippen molar-refractivity contribution in [2.75, 3.05) is 13.6 Å². The number of halogens is 1. The van der Waals surface area contributed by atoms with Gasteiger partial charge in [-0.05, 0) is 30.5 Å². The topological polar surface area (TPSA) is 32.3 Å². The molecule has 0 spiro atoms. The molecule has 1 saturated carbocycles. The minimum atomic E-state index is 0.170. The second-order valence-corrected chi connectivity index (χ2v) is 5.29. The van der Waals surface area contributed by atoms with E-state index in [1.54, 1.807) is 4.90 Å². The molecule has 1 aromatic rings. The molecular weight excluding hydrogens is 248 g/mol. The minimum absolute atomic E-state index is 0.170. The van der Waals surface area contributed by atoms with Gasteiger partial charge in [0, 0.05) is 37.6 Å². The molecule has 0 unspecified atom stereocenters. The van der Waals surface area contributed by atoms with Crippen LogP contribution in [-0.2, 0) is 11.3 Å². The molecule has 1 aliphatic carbocycles. The van der Waals surface area contributed by atoms with Gasteiger partial charge in [0.05, 0.1) is 0 Å². The van der Waals surface area contributed by atoms with E-state index >= 15 is 0 Å². The molecule has 1 aliphatic rings. The molecular formula is C14H19ClN2O. The van der Waals surface area contributed by atoms with Crippen molar-refractivity contribution in [3.8, 4) is 0 Å². The van der Waals surface area contributed by atoms with Gasteiger partial charge in [-0.15, -0.1) is 0 Å². The van der Waals surface area contributed by atoms with Crippen LogP contribution in [0.15, 0.2) is 24.3 Å². The summed E-state index contributed by atoms with van der Waals surface area (Å²) in [7, 11) is 1.83. The summed E-state index contributed by atoms with van der Waals surface area (Å²) >= 11 is 5.92. The molecule has 0 radical (unpaired) electrons. The van der Waals surface area contributed by atoms with Crippen molar-refractivity contribution >= 4 is 17.5 Å². The number of hydrogen-bond donors (Lipinski definition) is 1. The van der Waals surface area contributed by atoms with Crippen LogP contribution in [0.3, 0.4) is 0 Å². The highest BCUT2D eigenvalue weighted by Crippen LogP contribution is 2.18. The Hall–Kier alpha value is -1.06. The van der Waals surface area contributed by atoms with E-state index in [1.807, 2.05) is 31.3 Å². The van der Waals surface area contributed by atoms with E-state index < -0.39 is 0 Å². The Morgan fingerprint density at radius 2 is 2.28 bits per heavy atom. The molecule has 18 heavy (non-hydrogen) atoms. The Balaban J connectivity index is 1.75. The molecule has 0 atom stereocenters. The zero-order chi connectivity index (χ0) is 13.0. The fraction of sp³-hybridized carbons (Fsp3) is 0.500. The van der Waals surface area contributed by atoms with Gasteiger partial charge >= 0.3 is 0 Å². The summed E-state index contributed by atoms with van der Waals surface area (Å²) in [4.78, 5) is 13.6. The number of carbonyl (C=O) groups is 1. The van der Waals surface area contributed by atoms with Crippen molar-refractivity contribution in [1.82, 2.24) is 10.2 Å². The minimum Gasteiger partial charge on any atom is -0.341 e. The highest BCUT2D eigenvalue weighted by atomic mass is 35.5. The molecule has 4 heteroatoms. The third-order valence-electron chi connectivity index (χ3n) is 3.08. The quantitative estimate of drug-likeness (QED) is 0.858. The summed E-state index contributed by atoms with van der Waals surface area (Å²) in [5, 5.41) is 4.06. The van der Waals surface area contributed by atoms with Crippen LogP contribution in [0, 0.1) is 0 Å². The van der Waals surface area contributed by atoms with E-state index in [1.165, 1.54) is 12.8 Å². The largest absolute Gasteiger partial charge is 0.341 e. The predicted molar refractivity (Wildman–Crippen MR) is 73.6 cm³/mol. The van der Waals surface area contributed by atoms with Gasteiger partial charge in [-0.1, -0.05) is 23.7 Å². The Morgan fingerprint density at radius 1 is 1.50 bits per heavy atom. The molecule has 1 N–H and O–H groups in total. The number of rotatable bonds is 6. The van der Waals surface area contributed by atoms with Crippen molar-refractivity contribution in [2.24, 2.45) is 0 Å². The molecule has 1 aromatic carbocycles. The lowest BCUT2D eigenvalue weighted by Crippen LogP contribution is -2.30. The van der Waals surface area contributed by atoms with Gasteiger partial charge in [0.25, 0.3) is 0 Å². The van der Waals surface area contributed by atoms with Crippen molar-refractivity contribution in [2.45, 2.75) is 31.8 Å². The smallest absolute Gasteiger partial charge is 0.223 e. The average Bonchev–Trinajstić information content (AvgIpc) is 3.13. The van der Waals surface area contributed by atoms with Crippen LogP contribution in [0.25, 0.3) is 0 Å². The van der Waals surface area contributed by atoms with E-state index in [0.717, 1.165) is 12.1 Å². The third-order valence-corrected chi connectivity index (χ3v) is 3.32. The van der Waals surface area contributed by atoms with Gasteiger partial charge in [0.1, 0.15) is 0 Å². The van der Waals surface area contributed by atoms with Crippen LogP contribution in [0.1, 0.15) is 24.8 Å². The van der Waals surface area contributed by atoms with E-state index in [2.05, 4.69) is 5.32 Å². The third kappa shape index (κ3) is 4.31. The average molecular weight is 267 g/mol. The maximum absolute atomic E-state index is 11.9. The van der Waals surface area contributed by atoms with Gasteiger partial charge < -0.3 is 10.2 Å². The molecule has 2 rings (SSSR count). The number of hydrogen-bond acceptors (Lipinski definition) is 2. The maximum Gasteiger partial charge on any atom is 0.223 e. The first-order valence-corrected chi connectivity index (χ1v) is 6.75. The lowest BCUT2D eigenvalue weighted by molar-refractivity contribution is -0.130. The Morgan fingerprint density at radius 3 is 2.94 bits per heavy atom. The second kappa shape index (κ2) is 6.21. The van der Waals surface area contributed by atoms with E-state index in [-0.39, 0.29) is 5.91 Å². The highest BCUT2D eigenvalue weighted by Gasteiger charge is 2.20.